The lowest BCUT2D eigenvalue weighted by Gasteiger charge is -2.14. The van der Waals surface area contributed by atoms with Gasteiger partial charge in [0.05, 0.1) is 0 Å². The minimum absolute atomic E-state index is 0.0126. The van der Waals surface area contributed by atoms with E-state index in [4.69, 9.17) is 16.3 Å². The van der Waals surface area contributed by atoms with Crippen LogP contribution >= 0.6 is 11.6 Å². The third-order valence-corrected chi connectivity index (χ3v) is 3.88. The lowest BCUT2D eigenvalue weighted by Crippen LogP contribution is -2.28. The third-order valence-electron chi connectivity index (χ3n) is 3.62. The summed E-state index contributed by atoms with van der Waals surface area (Å²) in [7, 11) is 0. The molecule has 1 N–H and O–H groups in total. The van der Waals surface area contributed by atoms with Crippen LogP contribution in [-0.4, -0.2) is 12.5 Å². The van der Waals surface area contributed by atoms with Crippen molar-refractivity contribution in [2.24, 2.45) is 0 Å². The molecule has 0 atom stereocenters. The summed E-state index contributed by atoms with van der Waals surface area (Å²) in [5, 5.41) is 3.52. The van der Waals surface area contributed by atoms with Crippen LogP contribution in [-0.2, 0) is 11.3 Å². The molecular weight excluding hydrogens is 298 g/mol. The molecule has 0 bridgehead atoms. The highest BCUT2D eigenvalue weighted by molar-refractivity contribution is 6.30. The molecule has 0 radical (unpaired) electrons. The summed E-state index contributed by atoms with van der Waals surface area (Å²) in [5.41, 5.74) is 4.27. The van der Waals surface area contributed by atoms with Gasteiger partial charge in [0, 0.05) is 11.6 Å². The van der Waals surface area contributed by atoms with Gasteiger partial charge in [-0.3, -0.25) is 4.79 Å². The Morgan fingerprint density at radius 2 is 1.68 bits per heavy atom. The Kier molecular flexibility index (Phi) is 5.45. The molecule has 22 heavy (non-hydrogen) atoms. The standard InChI is InChI=1S/C18H20ClNO2/c1-12-4-5-13(2)18(14(12)3)22-11-17(21)20-10-15-6-8-16(19)9-7-15/h4-9H,10-11H2,1-3H3,(H,20,21). The molecule has 2 aromatic rings. The summed E-state index contributed by atoms with van der Waals surface area (Å²) in [6.07, 6.45) is 0. The fourth-order valence-corrected chi connectivity index (χ4v) is 2.27. The molecule has 116 valence electrons. The Morgan fingerprint density at radius 1 is 1.05 bits per heavy atom. The van der Waals surface area contributed by atoms with Crippen molar-refractivity contribution in [1.29, 1.82) is 0 Å². The highest BCUT2D eigenvalue weighted by Gasteiger charge is 2.09. The molecule has 0 fully saturated rings. The zero-order chi connectivity index (χ0) is 16.1. The van der Waals surface area contributed by atoms with E-state index >= 15 is 0 Å². The zero-order valence-corrected chi connectivity index (χ0v) is 13.8. The van der Waals surface area contributed by atoms with E-state index in [-0.39, 0.29) is 12.5 Å². The van der Waals surface area contributed by atoms with Crippen LogP contribution in [0.1, 0.15) is 22.3 Å². The van der Waals surface area contributed by atoms with E-state index in [0.29, 0.717) is 11.6 Å². The van der Waals surface area contributed by atoms with Crippen molar-refractivity contribution in [3.63, 3.8) is 0 Å². The van der Waals surface area contributed by atoms with Crippen molar-refractivity contribution >= 4 is 17.5 Å². The Labute approximate surface area is 136 Å². The van der Waals surface area contributed by atoms with Crippen LogP contribution in [0.3, 0.4) is 0 Å². The van der Waals surface area contributed by atoms with Gasteiger partial charge in [-0.15, -0.1) is 0 Å². The molecular formula is C18H20ClNO2. The molecule has 0 aromatic heterocycles. The highest BCUT2D eigenvalue weighted by atomic mass is 35.5. The molecule has 3 nitrogen and oxygen atoms in total. The van der Waals surface area contributed by atoms with Crippen molar-refractivity contribution in [1.82, 2.24) is 5.32 Å². The number of aryl methyl sites for hydroxylation is 2. The summed E-state index contributed by atoms with van der Waals surface area (Å²) in [4.78, 5) is 11.9. The predicted octanol–water partition coefficient (Wildman–Crippen LogP) is 3.96. The van der Waals surface area contributed by atoms with E-state index in [2.05, 4.69) is 11.4 Å². The van der Waals surface area contributed by atoms with Crippen LogP contribution < -0.4 is 10.1 Å². The molecule has 4 heteroatoms. The van der Waals surface area contributed by atoms with Gasteiger partial charge in [0.15, 0.2) is 6.61 Å². The minimum Gasteiger partial charge on any atom is -0.483 e. The van der Waals surface area contributed by atoms with Crippen LogP contribution in [0, 0.1) is 20.8 Å². The summed E-state index contributed by atoms with van der Waals surface area (Å²) < 4.78 is 5.68. The van der Waals surface area contributed by atoms with Crippen molar-refractivity contribution in [3.05, 3.63) is 63.7 Å². The molecule has 2 aromatic carbocycles. The van der Waals surface area contributed by atoms with E-state index in [1.807, 2.05) is 39.0 Å². The Bertz CT molecular complexity index is 666. The number of rotatable bonds is 5. The zero-order valence-electron chi connectivity index (χ0n) is 13.1. The lowest BCUT2D eigenvalue weighted by atomic mass is 10.1. The minimum atomic E-state index is -0.143. The molecule has 0 heterocycles. The van der Waals surface area contributed by atoms with E-state index in [9.17, 15) is 4.79 Å². The van der Waals surface area contributed by atoms with Gasteiger partial charge in [-0.1, -0.05) is 35.9 Å². The number of halogens is 1. The highest BCUT2D eigenvalue weighted by Crippen LogP contribution is 2.25. The van der Waals surface area contributed by atoms with Crippen LogP contribution in [0.2, 0.25) is 5.02 Å². The third kappa shape index (κ3) is 4.25. The number of carbonyl (C=O) groups excluding carboxylic acids is 1. The van der Waals surface area contributed by atoms with E-state index in [1.165, 1.54) is 0 Å². The Balaban J connectivity index is 1.88. The quantitative estimate of drug-likeness (QED) is 0.906. The van der Waals surface area contributed by atoms with E-state index in [1.54, 1.807) is 12.1 Å². The monoisotopic (exact) mass is 317 g/mol. The van der Waals surface area contributed by atoms with Crippen molar-refractivity contribution < 1.29 is 9.53 Å². The number of ether oxygens (including phenoxy) is 1. The topological polar surface area (TPSA) is 38.3 Å². The second-order valence-corrected chi connectivity index (χ2v) is 5.78. The number of hydrogen-bond acceptors (Lipinski definition) is 2. The first-order chi connectivity index (χ1) is 10.5. The average Bonchev–Trinajstić information content (AvgIpc) is 2.50. The fourth-order valence-electron chi connectivity index (χ4n) is 2.14. The second-order valence-electron chi connectivity index (χ2n) is 5.35. The first kappa shape index (κ1) is 16.4. The first-order valence-electron chi connectivity index (χ1n) is 7.18. The summed E-state index contributed by atoms with van der Waals surface area (Å²) in [5.74, 6) is 0.650. The van der Waals surface area contributed by atoms with Crippen molar-refractivity contribution in [2.45, 2.75) is 27.3 Å². The fraction of sp³-hybridized carbons (Fsp3) is 0.278. The maximum absolute atomic E-state index is 11.9. The van der Waals surface area contributed by atoms with Crippen molar-refractivity contribution in [3.8, 4) is 5.75 Å². The lowest BCUT2D eigenvalue weighted by molar-refractivity contribution is -0.123. The molecule has 0 saturated heterocycles. The van der Waals surface area contributed by atoms with Crippen molar-refractivity contribution in [2.75, 3.05) is 6.61 Å². The first-order valence-corrected chi connectivity index (χ1v) is 7.56. The Hall–Kier alpha value is -2.00. The van der Waals surface area contributed by atoms with Gasteiger partial charge in [0.1, 0.15) is 5.75 Å². The molecule has 0 aliphatic carbocycles. The van der Waals surface area contributed by atoms with E-state index < -0.39 is 0 Å². The predicted molar refractivity (Wildman–Crippen MR) is 89.4 cm³/mol. The smallest absolute Gasteiger partial charge is 0.258 e. The number of amides is 1. The normalized spacial score (nSPS) is 10.4. The van der Waals surface area contributed by atoms with Gasteiger partial charge in [0.2, 0.25) is 0 Å². The second kappa shape index (κ2) is 7.32. The van der Waals surface area contributed by atoms with Gasteiger partial charge in [0.25, 0.3) is 5.91 Å². The summed E-state index contributed by atoms with van der Waals surface area (Å²) in [6, 6.07) is 11.4. The van der Waals surface area contributed by atoms with Crippen LogP contribution in [0.5, 0.6) is 5.75 Å². The van der Waals surface area contributed by atoms with Crippen LogP contribution in [0.15, 0.2) is 36.4 Å². The number of carbonyl (C=O) groups is 1. The number of benzene rings is 2. The Morgan fingerprint density at radius 3 is 2.36 bits per heavy atom. The van der Waals surface area contributed by atoms with Gasteiger partial charge in [-0.05, 0) is 55.2 Å². The molecule has 1 amide bonds. The molecule has 0 aliphatic heterocycles. The summed E-state index contributed by atoms with van der Waals surface area (Å²) >= 11 is 5.83. The average molecular weight is 318 g/mol. The number of hydrogen-bond donors (Lipinski definition) is 1. The number of nitrogens with one attached hydrogen (secondary N) is 1. The largest absolute Gasteiger partial charge is 0.483 e. The maximum Gasteiger partial charge on any atom is 0.258 e. The summed E-state index contributed by atoms with van der Waals surface area (Å²) in [6.45, 7) is 6.49. The molecule has 0 saturated carbocycles. The van der Waals surface area contributed by atoms with E-state index in [0.717, 1.165) is 28.0 Å². The SMILES string of the molecule is Cc1ccc(C)c(OCC(=O)NCc2ccc(Cl)cc2)c1C. The molecule has 0 unspecified atom stereocenters. The van der Waals surface area contributed by atoms with Crippen LogP contribution in [0.4, 0.5) is 0 Å². The van der Waals surface area contributed by atoms with Gasteiger partial charge in [-0.2, -0.15) is 0 Å². The van der Waals surface area contributed by atoms with Gasteiger partial charge >= 0.3 is 0 Å². The molecule has 0 spiro atoms. The molecule has 2 rings (SSSR count). The maximum atomic E-state index is 11.9. The van der Waals surface area contributed by atoms with Gasteiger partial charge in [-0.25, -0.2) is 0 Å². The van der Waals surface area contributed by atoms with Gasteiger partial charge < -0.3 is 10.1 Å². The molecule has 0 aliphatic rings. The van der Waals surface area contributed by atoms with Crippen LogP contribution in [0.25, 0.3) is 0 Å².